The van der Waals surface area contributed by atoms with Crippen molar-refractivity contribution in [1.82, 2.24) is 0 Å². The van der Waals surface area contributed by atoms with Gasteiger partial charge in [0.15, 0.2) is 17.3 Å². The Morgan fingerprint density at radius 1 is 1.21 bits per heavy atom. The maximum atomic E-state index is 12.5. The monoisotopic (exact) mass is 254 g/mol. The summed E-state index contributed by atoms with van der Waals surface area (Å²) < 4.78 is 5.33. The third-order valence-electron chi connectivity index (χ3n) is 3.83. The van der Waals surface area contributed by atoms with Gasteiger partial charge in [-0.25, -0.2) is 0 Å². The van der Waals surface area contributed by atoms with Gasteiger partial charge in [0.1, 0.15) is 6.10 Å². The average molecular weight is 254 g/mol. The highest BCUT2D eigenvalue weighted by molar-refractivity contribution is 6.30. The third kappa shape index (κ3) is 1.11. The number of nitrogens with two attached hydrogens (primary N) is 2. The second kappa shape index (κ2) is 3.01. The lowest BCUT2D eigenvalue weighted by molar-refractivity contribution is 0.0963. The highest BCUT2D eigenvalue weighted by atomic mass is 16.6. The van der Waals surface area contributed by atoms with Gasteiger partial charge < -0.3 is 10.5 Å². The van der Waals surface area contributed by atoms with Crippen LogP contribution in [0.4, 0.5) is 5.69 Å². The molecule has 1 heterocycles. The minimum atomic E-state index is -1.14. The molecule has 1 aromatic rings. The molecule has 2 atom stereocenters. The zero-order valence-corrected chi connectivity index (χ0v) is 9.84. The Hall–Kier alpha value is -2.24. The molecule has 0 bridgehead atoms. The molecule has 0 aromatic heterocycles. The minimum absolute atomic E-state index is 0.253. The molecule has 0 amide bonds. The predicted octanol–water partition coefficient (Wildman–Crippen LogP) is 0.568. The molecule has 2 aliphatic carbocycles. The van der Waals surface area contributed by atoms with Crippen LogP contribution in [0, 0.1) is 0 Å². The Morgan fingerprint density at radius 2 is 2.00 bits per heavy atom. The summed E-state index contributed by atoms with van der Waals surface area (Å²) in [5.41, 5.74) is 12.1. The van der Waals surface area contributed by atoms with Crippen molar-refractivity contribution in [2.24, 2.45) is 5.73 Å². The molecular formula is C14H10N2O3. The average Bonchev–Trinajstić information content (AvgIpc) is 3.06. The standard InChI is InChI=1S/C14H10N2O3/c15-8-3-1-2-6-10(8)12(17)7-4-5-9-14(16,19-9)11(7)13(6)18/h1-5,9H,15-16H2. The van der Waals surface area contributed by atoms with Crippen LogP contribution in [0.1, 0.15) is 20.7 Å². The van der Waals surface area contributed by atoms with Gasteiger partial charge in [-0.1, -0.05) is 24.3 Å². The molecule has 1 aliphatic heterocycles. The Labute approximate surface area is 108 Å². The zero-order valence-electron chi connectivity index (χ0n) is 9.84. The first-order chi connectivity index (χ1) is 9.04. The molecule has 0 spiro atoms. The largest absolute Gasteiger partial charge is 0.398 e. The van der Waals surface area contributed by atoms with Gasteiger partial charge in [0.05, 0.1) is 11.1 Å². The summed E-state index contributed by atoms with van der Waals surface area (Å²) >= 11 is 0. The van der Waals surface area contributed by atoms with Crippen LogP contribution >= 0.6 is 0 Å². The summed E-state index contributed by atoms with van der Waals surface area (Å²) in [6.07, 6.45) is 2.99. The Kier molecular flexibility index (Phi) is 1.69. The summed E-state index contributed by atoms with van der Waals surface area (Å²) in [4.78, 5) is 25.0. The van der Waals surface area contributed by atoms with Crippen molar-refractivity contribution in [3.63, 3.8) is 0 Å². The lowest BCUT2D eigenvalue weighted by Crippen LogP contribution is -2.39. The van der Waals surface area contributed by atoms with Crippen molar-refractivity contribution in [2.45, 2.75) is 11.8 Å². The first-order valence-electron chi connectivity index (χ1n) is 5.91. The Bertz CT molecular complexity index is 732. The number of benzene rings is 1. The summed E-state index contributed by atoms with van der Waals surface area (Å²) in [5.74, 6) is -0.538. The van der Waals surface area contributed by atoms with E-state index in [-0.39, 0.29) is 28.8 Å². The van der Waals surface area contributed by atoms with E-state index in [1.165, 1.54) is 0 Å². The number of carbonyl (C=O) groups excluding carboxylic acids is 2. The SMILES string of the molecule is Nc1cccc2c1C(=O)C1=C(C2=O)C2(N)OC2C=C1. The van der Waals surface area contributed by atoms with Crippen LogP contribution in [0.5, 0.6) is 0 Å². The molecule has 5 heteroatoms. The van der Waals surface area contributed by atoms with Gasteiger partial charge in [0.2, 0.25) is 0 Å². The second-order valence-electron chi connectivity index (χ2n) is 4.91. The van der Waals surface area contributed by atoms with Gasteiger partial charge in [-0.15, -0.1) is 0 Å². The van der Waals surface area contributed by atoms with Crippen molar-refractivity contribution in [2.75, 3.05) is 5.73 Å². The van der Waals surface area contributed by atoms with E-state index in [1.54, 1.807) is 30.4 Å². The molecule has 5 nitrogen and oxygen atoms in total. The van der Waals surface area contributed by atoms with Crippen LogP contribution < -0.4 is 11.5 Å². The molecule has 3 aliphatic rings. The summed E-state index contributed by atoms with van der Waals surface area (Å²) in [7, 11) is 0. The van der Waals surface area contributed by atoms with Crippen LogP contribution in [0.15, 0.2) is 41.5 Å². The smallest absolute Gasteiger partial charge is 0.196 e. The van der Waals surface area contributed by atoms with E-state index in [9.17, 15) is 9.59 Å². The number of ketones is 2. The number of hydrogen-bond donors (Lipinski definition) is 2. The molecule has 2 unspecified atom stereocenters. The molecule has 0 radical (unpaired) electrons. The quantitative estimate of drug-likeness (QED) is 0.521. The lowest BCUT2D eigenvalue weighted by atomic mass is 9.77. The van der Waals surface area contributed by atoms with Crippen molar-refractivity contribution in [1.29, 1.82) is 0 Å². The molecule has 19 heavy (non-hydrogen) atoms. The molecule has 4 N–H and O–H groups in total. The van der Waals surface area contributed by atoms with Crippen LogP contribution in [-0.2, 0) is 4.74 Å². The Balaban J connectivity index is 2.03. The van der Waals surface area contributed by atoms with Crippen molar-refractivity contribution < 1.29 is 14.3 Å². The van der Waals surface area contributed by atoms with E-state index in [1.807, 2.05) is 0 Å². The third-order valence-corrected chi connectivity index (χ3v) is 3.83. The molecular weight excluding hydrogens is 244 g/mol. The molecule has 1 aromatic carbocycles. The van der Waals surface area contributed by atoms with Gasteiger partial charge in [-0.2, -0.15) is 0 Å². The van der Waals surface area contributed by atoms with E-state index in [2.05, 4.69) is 0 Å². The van der Waals surface area contributed by atoms with E-state index in [4.69, 9.17) is 16.2 Å². The lowest BCUT2D eigenvalue weighted by Gasteiger charge is -2.24. The fourth-order valence-corrected chi connectivity index (χ4v) is 2.81. The van der Waals surface area contributed by atoms with E-state index in [0.717, 1.165) is 0 Å². The van der Waals surface area contributed by atoms with Gasteiger partial charge in [-0.05, 0) is 6.07 Å². The topological polar surface area (TPSA) is 98.7 Å². The first-order valence-corrected chi connectivity index (χ1v) is 5.91. The summed E-state index contributed by atoms with van der Waals surface area (Å²) in [6.45, 7) is 0. The first kappa shape index (κ1) is 10.7. The van der Waals surface area contributed by atoms with E-state index < -0.39 is 5.72 Å². The normalized spacial score (nSPS) is 30.9. The fourth-order valence-electron chi connectivity index (χ4n) is 2.81. The number of rotatable bonds is 0. The highest BCUT2D eigenvalue weighted by Gasteiger charge is 2.61. The number of nitrogen functional groups attached to an aromatic ring is 1. The number of epoxide rings is 1. The molecule has 94 valence electrons. The number of fused-ring (bicyclic) bond motifs is 3. The number of allylic oxidation sites excluding steroid dienone is 2. The zero-order chi connectivity index (χ0) is 13.4. The number of anilines is 1. The summed E-state index contributed by atoms with van der Waals surface area (Å²) in [6, 6.07) is 4.85. The number of ether oxygens (including phenoxy) is 1. The van der Waals surface area contributed by atoms with Gasteiger partial charge in [-0.3, -0.25) is 15.3 Å². The van der Waals surface area contributed by atoms with Gasteiger partial charge in [0, 0.05) is 16.8 Å². The second-order valence-corrected chi connectivity index (χ2v) is 4.91. The molecule has 1 fully saturated rings. The molecule has 0 saturated carbocycles. The highest BCUT2D eigenvalue weighted by Crippen LogP contribution is 2.47. The van der Waals surface area contributed by atoms with Gasteiger partial charge in [0.25, 0.3) is 0 Å². The van der Waals surface area contributed by atoms with Crippen molar-refractivity contribution in [3.05, 3.63) is 52.6 Å². The van der Waals surface area contributed by atoms with E-state index >= 15 is 0 Å². The number of hydrogen-bond acceptors (Lipinski definition) is 5. The number of Topliss-reactive ketones (excluding diaryl/α,β-unsaturated/α-hetero) is 2. The van der Waals surface area contributed by atoms with E-state index in [0.29, 0.717) is 16.8 Å². The molecule has 1 saturated heterocycles. The van der Waals surface area contributed by atoms with Crippen LogP contribution in [0.3, 0.4) is 0 Å². The van der Waals surface area contributed by atoms with Crippen molar-refractivity contribution in [3.8, 4) is 0 Å². The maximum absolute atomic E-state index is 12.5. The van der Waals surface area contributed by atoms with Crippen molar-refractivity contribution >= 4 is 17.3 Å². The van der Waals surface area contributed by atoms with Gasteiger partial charge >= 0.3 is 0 Å². The number of carbonyl (C=O) groups is 2. The molecule has 4 rings (SSSR count). The summed E-state index contributed by atoms with van der Waals surface area (Å²) in [5, 5.41) is 0. The van der Waals surface area contributed by atoms with Crippen LogP contribution in [0.25, 0.3) is 0 Å². The predicted molar refractivity (Wildman–Crippen MR) is 67.5 cm³/mol. The fraction of sp³-hybridized carbons (Fsp3) is 0.143. The Morgan fingerprint density at radius 3 is 2.79 bits per heavy atom. The van der Waals surface area contributed by atoms with Crippen LogP contribution in [0.2, 0.25) is 0 Å². The van der Waals surface area contributed by atoms with Crippen LogP contribution in [-0.4, -0.2) is 23.4 Å². The maximum Gasteiger partial charge on any atom is 0.196 e. The minimum Gasteiger partial charge on any atom is -0.398 e.